The Balaban J connectivity index is 2.48. The smallest absolute Gasteiger partial charge is 0.221 e. The Morgan fingerprint density at radius 1 is 1.37 bits per heavy atom. The summed E-state index contributed by atoms with van der Waals surface area (Å²) in [5, 5.41) is 11.2. The van der Waals surface area contributed by atoms with Gasteiger partial charge in [0.25, 0.3) is 0 Å². The average molecular weight is 287 g/mol. The zero-order valence-electron chi connectivity index (χ0n) is 11.9. The number of nitrogens with zero attached hydrogens (tertiary/aromatic N) is 2. The zero-order chi connectivity index (χ0) is 14.3. The molecule has 0 aliphatic carbocycles. The van der Waals surface area contributed by atoms with Gasteiger partial charge in [-0.2, -0.15) is 5.10 Å². The van der Waals surface area contributed by atoms with E-state index in [1.807, 2.05) is 25.5 Å². The molecule has 0 unspecified atom stereocenters. The summed E-state index contributed by atoms with van der Waals surface area (Å²) in [5.41, 5.74) is 1.93. The van der Waals surface area contributed by atoms with Crippen LogP contribution >= 0.6 is 11.6 Å². The number of rotatable bonds is 8. The predicted octanol–water partition coefficient (Wildman–Crippen LogP) is 1.73. The minimum atomic E-state index is 0.0688. The second-order valence-electron chi connectivity index (χ2n) is 4.26. The van der Waals surface area contributed by atoms with Crippen LogP contribution < -0.4 is 10.6 Å². The number of carbonyl (C=O) groups excluding carboxylic acids is 1. The van der Waals surface area contributed by atoms with E-state index in [4.69, 9.17) is 11.6 Å². The summed E-state index contributed by atoms with van der Waals surface area (Å²) in [6, 6.07) is 0. The standard InChI is InChI=1S/C13H23ClN4O/c1-4-10-13(14)11(18(6-3)17-10)9-15-8-7-12(19)16-5-2/h15H,4-9H2,1-3H3,(H,16,19). The summed E-state index contributed by atoms with van der Waals surface area (Å²) >= 11 is 6.30. The average Bonchev–Trinajstić information content (AvgIpc) is 2.71. The number of aryl methyl sites for hydroxylation is 2. The van der Waals surface area contributed by atoms with E-state index in [-0.39, 0.29) is 5.91 Å². The molecule has 6 heteroatoms. The Labute approximate surface area is 119 Å². The van der Waals surface area contributed by atoms with Crippen LogP contribution in [0.4, 0.5) is 0 Å². The number of nitrogens with one attached hydrogen (secondary N) is 2. The molecule has 0 spiro atoms. The van der Waals surface area contributed by atoms with E-state index in [2.05, 4.69) is 15.7 Å². The maximum atomic E-state index is 11.3. The quantitative estimate of drug-likeness (QED) is 0.716. The van der Waals surface area contributed by atoms with Crippen LogP contribution in [-0.2, 0) is 24.3 Å². The third-order valence-corrected chi connectivity index (χ3v) is 3.33. The molecular weight excluding hydrogens is 264 g/mol. The van der Waals surface area contributed by atoms with Crippen LogP contribution in [0.5, 0.6) is 0 Å². The number of aromatic nitrogens is 2. The van der Waals surface area contributed by atoms with Gasteiger partial charge >= 0.3 is 0 Å². The van der Waals surface area contributed by atoms with Crippen LogP contribution in [-0.4, -0.2) is 28.8 Å². The second kappa shape index (κ2) is 8.17. The Kier molecular flexibility index (Phi) is 6.87. The molecule has 0 atom stereocenters. The summed E-state index contributed by atoms with van der Waals surface area (Å²) in [6.07, 6.45) is 1.31. The molecule has 19 heavy (non-hydrogen) atoms. The van der Waals surface area contributed by atoms with Crippen molar-refractivity contribution >= 4 is 17.5 Å². The van der Waals surface area contributed by atoms with E-state index < -0.39 is 0 Å². The number of hydrogen-bond donors (Lipinski definition) is 2. The molecule has 1 heterocycles. The Hall–Kier alpha value is -1.07. The largest absolute Gasteiger partial charge is 0.356 e. The lowest BCUT2D eigenvalue weighted by Gasteiger charge is -2.07. The van der Waals surface area contributed by atoms with Crippen LogP contribution in [0.15, 0.2) is 0 Å². The van der Waals surface area contributed by atoms with Gasteiger partial charge in [-0.25, -0.2) is 0 Å². The summed E-state index contributed by atoms with van der Waals surface area (Å²) in [5.74, 6) is 0.0688. The third-order valence-electron chi connectivity index (χ3n) is 2.89. The van der Waals surface area contributed by atoms with Gasteiger partial charge in [0.2, 0.25) is 5.91 Å². The maximum Gasteiger partial charge on any atom is 0.221 e. The van der Waals surface area contributed by atoms with Crippen molar-refractivity contribution in [3.63, 3.8) is 0 Å². The first-order chi connectivity index (χ1) is 9.13. The van der Waals surface area contributed by atoms with Crippen LogP contribution in [0.25, 0.3) is 0 Å². The van der Waals surface area contributed by atoms with Gasteiger partial charge in [0.15, 0.2) is 0 Å². The molecule has 5 nitrogen and oxygen atoms in total. The van der Waals surface area contributed by atoms with E-state index in [1.54, 1.807) is 0 Å². The van der Waals surface area contributed by atoms with E-state index in [9.17, 15) is 4.79 Å². The van der Waals surface area contributed by atoms with Crippen LogP contribution in [0.1, 0.15) is 38.6 Å². The van der Waals surface area contributed by atoms with Crippen molar-refractivity contribution in [1.29, 1.82) is 0 Å². The summed E-state index contributed by atoms with van der Waals surface area (Å²) in [6.45, 7) is 8.75. The molecule has 0 radical (unpaired) electrons. The fourth-order valence-corrected chi connectivity index (χ4v) is 2.22. The zero-order valence-corrected chi connectivity index (χ0v) is 12.7. The molecule has 0 saturated carbocycles. The van der Waals surface area contributed by atoms with Crippen molar-refractivity contribution in [1.82, 2.24) is 20.4 Å². The minimum Gasteiger partial charge on any atom is -0.356 e. The molecule has 0 bridgehead atoms. The molecule has 1 rings (SSSR count). The van der Waals surface area contributed by atoms with Gasteiger partial charge in [-0.3, -0.25) is 9.48 Å². The molecule has 1 amide bonds. The SMILES string of the molecule is CCNC(=O)CCNCc1c(Cl)c(CC)nn1CC. The molecule has 0 fully saturated rings. The van der Waals surface area contributed by atoms with E-state index in [1.165, 1.54) is 0 Å². The molecular formula is C13H23ClN4O. The predicted molar refractivity (Wildman–Crippen MR) is 77.3 cm³/mol. The highest BCUT2D eigenvalue weighted by atomic mass is 35.5. The van der Waals surface area contributed by atoms with Crippen LogP contribution in [0.2, 0.25) is 5.02 Å². The van der Waals surface area contributed by atoms with Crippen molar-refractivity contribution in [3.8, 4) is 0 Å². The Morgan fingerprint density at radius 3 is 2.68 bits per heavy atom. The fourth-order valence-electron chi connectivity index (χ4n) is 1.88. The summed E-state index contributed by atoms with van der Waals surface area (Å²) in [4.78, 5) is 11.3. The van der Waals surface area contributed by atoms with Crippen LogP contribution in [0, 0.1) is 0 Å². The van der Waals surface area contributed by atoms with Gasteiger partial charge in [0.1, 0.15) is 0 Å². The number of carbonyl (C=O) groups is 1. The molecule has 0 aliphatic heterocycles. The van der Waals surface area contributed by atoms with Crippen molar-refractivity contribution in [3.05, 3.63) is 16.4 Å². The van der Waals surface area contributed by atoms with Gasteiger partial charge in [0, 0.05) is 32.6 Å². The molecule has 2 N–H and O–H groups in total. The van der Waals surface area contributed by atoms with Crippen molar-refractivity contribution in [2.24, 2.45) is 0 Å². The highest BCUT2D eigenvalue weighted by molar-refractivity contribution is 6.31. The number of halogens is 1. The van der Waals surface area contributed by atoms with E-state index in [0.29, 0.717) is 26.1 Å². The molecule has 108 valence electrons. The summed E-state index contributed by atoms with van der Waals surface area (Å²) in [7, 11) is 0. The minimum absolute atomic E-state index is 0.0688. The Bertz CT molecular complexity index is 417. The van der Waals surface area contributed by atoms with Crippen molar-refractivity contribution in [2.75, 3.05) is 13.1 Å². The lowest BCUT2D eigenvalue weighted by atomic mass is 10.3. The molecule has 0 saturated heterocycles. The van der Waals surface area contributed by atoms with Gasteiger partial charge in [-0.05, 0) is 20.3 Å². The monoisotopic (exact) mass is 286 g/mol. The first kappa shape index (κ1) is 16.0. The number of hydrogen-bond acceptors (Lipinski definition) is 3. The molecule has 1 aromatic heterocycles. The topological polar surface area (TPSA) is 59.0 Å². The fraction of sp³-hybridized carbons (Fsp3) is 0.692. The highest BCUT2D eigenvalue weighted by Crippen LogP contribution is 2.21. The Morgan fingerprint density at radius 2 is 2.11 bits per heavy atom. The summed E-state index contributed by atoms with van der Waals surface area (Å²) < 4.78 is 1.92. The van der Waals surface area contributed by atoms with Crippen molar-refractivity contribution in [2.45, 2.75) is 46.7 Å². The van der Waals surface area contributed by atoms with Gasteiger partial charge in [0.05, 0.1) is 16.4 Å². The van der Waals surface area contributed by atoms with Gasteiger partial charge < -0.3 is 10.6 Å². The third kappa shape index (κ3) is 4.51. The molecule has 0 aromatic carbocycles. The lowest BCUT2D eigenvalue weighted by molar-refractivity contribution is -0.120. The maximum absolute atomic E-state index is 11.3. The lowest BCUT2D eigenvalue weighted by Crippen LogP contribution is -2.27. The van der Waals surface area contributed by atoms with Gasteiger partial charge in [-0.15, -0.1) is 0 Å². The molecule has 1 aromatic rings. The van der Waals surface area contributed by atoms with E-state index in [0.717, 1.165) is 29.4 Å². The first-order valence-electron chi connectivity index (χ1n) is 6.85. The van der Waals surface area contributed by atoms with Gasteiger partial charge in [-0.1, -0.05) is 18.5 Å². The number of amides is 1. The van der Waals surface area contributed by atoms with E-state index >= 15 is 0 Å². The normalized spacial score (nSPS) is 10.7. The van der Waals surface area contributed by atoms with Crippen LogP contribution in [0.3, 0.4) is 0 Å². The van der Waals surface area contributed by atoms with Crippen molar-refractivity contribution < 1.29 is 4.79 Å². The first-order valence-corrected chi connectivity index (χ1v) is 7.23. The highest BCUT2D eigenvalue weighted by Gasteiger charge is 2.13. The molecule has 0 aliphatic rings. The second-order valence-corrected chi connectivity index (χ2v) is 4.63.